The molecule has 0 heterocycles. The van der Waals surface area contributed by atoms with Crippen molar-refractivity contribution in [1.82, 2.24) is 0 Å². The first-order valence-corrected chi connectivity index (χ1v) is 2.66. The molecule has 0 saturated heterocycles. The molecular formula is C9H17N. The number of para-hydroxylation sites is 1. The fourth-order valence-electron chi connectivity index (χ4n) is 0.605. The van der Waals surface area contributed by atoms with Gasteiger partial charge in [-0.3, -0.25) is 0 Å². The standard InChI is InChI=1S/C7H9N.2CH4/c1-8-7-5-3-2-4-6-7;;/h2-6,8H,1H3;2*1H4. The van der Waals surface area contributed by atoms with Crippen LogP contribution in [0.3, 0.4) is 0 Å². The van der Waals surface area contributed by atoms with E-state index in [9.17, 15) is 0 Å². The highest BCUT2D eigenvalue weighted by Gasteiger charge is 1.77. The van der Waals surface area contributed by atoms with Crippen LogP contribution in [0.5, 0.6) is 0 Å². The van der Waals surface area contributed by atoms with Crippen LogP contribution < -0.4 is 5.32 Å². The summed E-state index contributed by atoms with van der Waals surface area (Å²) >= 11 is 0. The number of anilines is 1. The number of benzene rings is 1. The second-order valence-electron chi connectivity index (χ2n) is 1.62. The molecule has 0 aliphatic carbocycles. The molecule has 0 aliphatic rings. The minimum absolute atomic E-state index is 0. The topological polar surface area (TPSA) is 12.0 Å². The van der Waals surface area contributed by atoms with Crippen molar-refractivity contribution in [3.05, 3.63) is 30.3 Å². The molecule has 0 aliphatic heterocycles. The molecule has 0 saturated carbocycles. The monoisotopic (exact) mass is 139 g/mol. The van der Waals surface area contributed by atoms with Crippen molar-refractivity contribution in [2.24, 2.45) is 0 Å². The number of rotatable bonds is 1. The van der Waals surface area contributed by atoms with Crippen molar-refractivity contribution in [2.75, 3.05) is 12.4 Å². The van der Waals surface area contributed by atoms with Crippen molar-refractivity contribution in [3.63, 3.8) is 0 Å². The van der Waals surface area contributed by atoms with Gasteiger partial charge in [-0.25, -0.2) is 0 Å². The predicted octanol–water partition coefficient (Wildman–Crippen LogP) is 3.00. The largest absolute Gasteiger partial charge is 0.388 e. The summed E-state index contributed by atoms with van der Waals surface area (Å²) in [6.07, 6.45) is 0. The Balaban J connectivity index is 0. The van der Waals surface area contributed by atoms with Gasteiger partial charge in [-0.2, -0.15) is 0 Å². The number of hydrogen-bond acceptors (Lipinski definition) is 1. The van der Waals surface area contributed by atoms with Gasteiger partial charge in [0.05, 0.1) is 0 Å². The van der Waals surface area contributed by atoms with Crippen molar-refractivity contribution in [2.45, 2.75) is 14.9 Å². The average Bonchev–Trinajstić information content (AvgIpc) is 1.90. The lowest BCUT2D eigenvalue weighted by Crippen LogP contribution is -1.84. The van der Waals surface area contributed by atoms with Gasteiger partial charge in [0.15, 0.2) is 0 Å². The Morgan fingerprint density at radius 2 is 1.50 bits per heavy atom. The molecule has 1 aromatic carbocycles. The van der Waals surface area contributed by atoms with E-state index < -0.39 is 0 Å². The summed E-state index contributed by atoms with van der Waals surface area (Å²) in [7, 11) is 1.91. The fourth-order valence-corrected chi connectivity index (χ4v) is 0.605. The lowest BCUT2D eigenvalue weighted by atomic mass is 10.3. The molecule has 0 radical (unpaired) electrons. The zero-order valence-electron chi connectivity index (χ0n) is 4.89. The molecule has 1 N–H and O–H groups in total. The van der Waals surface area contributed by atoms with Gasteiger partial charge in [0.1, 0.15) is 0 Å². The molecule has 1 aromatic rings. The molecular weight excluding hydrogens is 122 g/mol. The van der Waals surface area contributed by atoms with Gasteiger partial charge in [0.25, 0.3) is 0 Å². The Hall–Kier alpha value is -0.980. The van der Waals surface area contributed by atoms with Gasteiger partial charge in [0.2, 0.25) is 0 Å². The van der Waals surface area contributed by atoms with E-state index in [1.54, 1.807) is 0 Å². The molecule has 0 amide bonds. The van der Waals surface area contributed by atoms with E-state index in [0.29, 0.717) is 0 Å². The molecule has 1 nitrogen and oxygen atoms in total. The molecule has 1 heteroatoms. The van der Waals surface area contributed by atoms with Crippen LogP contribution in [-0.2, 0) is 0 Å². The predicted molar refractivity (Wildman–Crippen MR) is 49.5 cm³/mol. The van der Waals surface area contributed by atoms with Crippen LogP contribution in [0.15, 0.2) is 30.3 Å². The summed E-state index contributed by atoms with van der Waals surface area (Å²) in [6.45, 7) is 0. The Bertz CT molecular complexity index is 146. The van der Waals surface area contributed by atoms with Gasteiger partial charge in [0, 0.05) is 12.7 Å². The Morgan fingerprint density at radius 1 is 1.00 bits per heavy atom. The van der Waals surface area contributed by atoms with Gasteiger partial charge in [-0.15, -0.1) is 0 Å². The first kappa shape index (κ1) is 11.8. The summed E-state index contributed by atoms with van der Waals surface area (Å²) in [5.41, 5.74) is 1.16. The second kappa shape index (κ2) is 6.14. The van der Waals surface area contributed by atoms with E-state index in [0.717, 1.165) is 5.69 Å². The highest BCUT2D eigenvalue weighted by Crippen LogP contribution is 2.01. The molecule has 0 bridgehead atoms. The first-order valence-electron chi connectivity index (χ1n) is 2.66. The highest BCUT2D eigenvalue weighted by molar-refractivity contribution is 5.41. The maximum atomic E-state index is 3.03. The van der Waals surface area contributed by atoms with E-state index in [-0.39, 0.29) is 14.9 Å². The van der Waals surface area contributed by atoms with Crippen LogP contribution in [0.25, 0.3) is 0 Å². The van der Waals surface area contributed by atoms with Crippen LogP contribution in [0, 0.1) is 0 Å². The molecule has 0 spiro atoms. The van der Waals surface area contributed by atoms with Crippen molar-refractivity contribution in [3.8, 4) is 0 Å². The molecule has 1 rings (SSSR count). The van der Waals surface area contributed by atoms with Crippen LogP contribution in [0.4, 0.5) is 5.69 Å². The van der Waals surface area contributed by atoms with Gasteiger partial charge < -0.3 is 5.32 Å². The zero-order valence-corrected chi connectivity index (χ0v) is 4.89. The van der Waals surface area contributed by atoms with E-state index in [1.165, 1.54) is 0 Å². The third-order valence-corrected chi connectivity index (χ3v) is 1.06. The number of hydrogen-bond donors (Lipinski definition) is 1. The quantitative estimate of drug-likeness (QED) is 0.630. The summed E-state index contributed by atoms with van der Waals surface area (Å²) in [4.78, 5) is 0. The molecule has 0 atom stereocenters. The maximum absolute atomic E-state index is 3.03. The van der Waals surface area contributed by atoms with E-state index in [4.69, 9.17) is 0 Å². The Labute approximate surface area is 64.1 Å². The van der Waals surface area contributed by atoms with Crippen molar-refractivity contribution < 1.29 is 0 Å². The van der Waals surface area contributed by atoms with Crippen molar-refractivity contribution >= 4 is 5.69 Å². The number of nitrogens with one attached hydrogen (secondary N) is 1. The summed E-state index contributed by atoms with van der Waals surface area (Å²) in [6, 6.07) is 10.1. The van der Waals surface area contributed by atoms with Crippen LogP contribution in [-0.4, -0.2) is 7.05 Å². The summed E-state index contributed by atoms with van der Waals surface area (Å²) in [5.74, 6) is 0. The molecule has 0 fully saturated rings. The maximum Gasteiger partial charge on any atom is 0.0337 e. The van der Waals surface area contributed by atoms with Gasteiger partial charge >= 0.3 is 0 Å². The third-order valence-electron chi connectivity index (χ3n) is 1.06. The Kier molecular flexibility index (Phi) is 7.23. The van der Waals surface area contributed by atoms with E-state index >= 15 is 0 Å². The smallest absolute Gasteiger partial charge is 0.0337 e. The molecule has 10 heavy (non-hydrogen) atoms. The van der Waals surface area contributed by atoms with Crippen LogP contribution in [0.2, 0.25) is 0 Å². The highest BCUT2D eigenvalue weighted by atomic mass is 14.8. The van der Waals surface area contributed by atoms with E-state index in [1.807, 2.05) is 37.4 Å². The SMILES string of the molecule is C.C.CNc1ccccc1. The first-order chi connectivity index (χ1) is 3.93. The normalized spacial score (nSPS) is 6.90. The zero-order chi connectivity index (χ0) is 5.82. The summed E-state index contributed by atoms with van der Waals surface area (Å²) < 4.78 is 0. The van der Waals surface area contributed by atoms with Crippen LogP contribution in [0.1, 0.15) is 14.9 Å². The average molecular weight is 139 g/mol. The third kappa shape index (κ3) is 3.13. The lowest BCUT2D eigenvalue weighted by molar-refractivity contribution is 1.51. The van der Waals surface area contributed by atoms with Gasteiger partial charge in [-0.1, -0.05) is 33.1 Å². The molecule has 0 unspecified atom stereocenters. The lowest BCUT2D eigenvalue weighted by Gasteiger charge is -1.94. The van der Waals surface area contributed by atoms with Crippen LogP contribution >= 0.6 is 0 Å². The minimum Gasteiger partial charge on any atom is -0.388 e. The van der Waals surface area contributed by atoms with Gasteiger partial charge in [-0.05, 0) is 12.1 Å². The van der Waals surface area contributed by atoms with E-state index in [2.05, 4.69) is 5.32 Å². The molecule has 0 aromatic heterocycles. The molecule has 58 valence electrons. The minimum atomic E-state index is 0. The fraction of sp³-hybridized carbons (Fsp3) is 0.333. The summed E-state index contributed by atoms with van der Waals surface area (Å²) in [5, 5.41) is 3.03. The Morgan fingerprint density at radius 3 is 1.80 bits per heavy atom. The van der Waals surface area contributed by atoms with Crippen molar-refractivity contribution in [1.29, 1.82) is 0 Å². The second-order valence-corrected chi connectivity index (χ2v) is 1.62.